The standard InChI is InChI=1S/C20H21N3O4S/c1-14(19-11-15-5-2-3-7-18(15)27-19)22-20(24)13-23(16-8-9-16)28(25,26)17-6-4-10-21-12-17/h2-7,10-12,14,16H,8-9,13H2,1H3,(H,22,24)/t14-/m1/s1. The maximum absolute atomic E-state index is 12.9. The third kappa shape index (κ3) is 3.79. The average molecular weight is 399 g/mol. The Kier molecular flexibility index (Phi) is 4.91. The van der Waals surface area contributed by atoms with Crippen molar-refractivity contribution in [1.82, 2.24) is 14.6 Å². The molecule has 4 rings (SSSR count). The Hall–Kier alpha value is -2.71. The summed E-state index contributed by atoms with van der Waals surface area (Å²) in [7, 11) is -3.77. The van der Waals surface area contributed by atoms with E-state index in [4.69, 9.17) is 4.42 Å². The molecule has 0 aliphatic heterocycles. The Morgan fingerprint density at radius 1 is 1.29 bits per heavy atom. The molecule has 28 heavy (non-hydrogen) atoms. The summed E-state index contributed by atoms with van der Waals surface area (Å²) in [5.74, 6) is 0.259. The predicted octanol–water partition coefficient (Wildman–Crippen LogP) is 2.86. The van der Waals surface area contributed by atoms with Crippen molar-refractivity contribution in [3.05, 3.63) is 60.6 Å². The number of fused-ring (bicyclic) bond motifs is 1. The van der Waals surface area contributed by atoms with Crippen LogP contribution in [0.4, 0.5) is 0 Å². The van der Waals surface area contributed by atoms with Crippen molar-refractivity contribution in [2.45, 2.75) is 36.7 Å². The zero-order chi connectivity index (χ0) is 19.7. The van der Waals surface area contributed by atoms with E-state index in [0.717, 1.165) is 23.8 Å². The van der Waals surface area contributed by atoms with Crippen LogP contribution < -0.4 is 5.32 Å². The number of hydrogen-bond donors (Lipinski definition) is 1. The number of furan rings is 1. The summed E-state index contributed by atoms with van der Waals surface area (Å²) in [6, 6.07) is 12.0. The number of pyridine rings is 1. The van der Waals surface area contributed by atoms with Gasteiger partial charge in [0, 0.05) is 23.8 Å². The molecule has 0 unspecified atom stereocenters. The molecule has 1 aliphatic carbocycles. The Morgan fingerprint density at radius 2 is 2.07 bits per heavy atom. The van der Waals surface area contributed by atoms with E-state index in [0.29, 0.717) is 5.76 Å². The summed E-state index contributed by atoms with van der Waals surface area (Å²) in [5, 5.41) is 3.80. The van der Waals surface area contributed by atoms with Gasteiger partial charge in [0.15, 0.2) is 0 Å². The number of hydrogen-bond acceptors (Lipinski definition) is 5. The van der Waals surface area contributed by atoms with Crippen LogP contribution in [0.15, 0.2) is 64.2 Å². The van der Waals surface area contributed by atoms with E-state index < -0.39 is 10.0 Å². The minimum absolute atomic E-state index is 0.0973. The fourth-order valence-electron chi connectivity index (χ4n) is 3.12. The molecular formula is C20H21N3O4S. The topological polar surface area (TPSA) is 92.5 Å². The van der Waals surface area contributed by atoms with Gasteiger partial charge in [-0.2, -0.15) is 4.31 Å². The molecule has 0 spiro atoms. The third-order valence-electron chi connectivity index (χ3n) is 4.74. The van der Waals surface area contributed by atoms with E-state index in [1.807, 2.05) is 37.3 Å². The molecule has 2 aromatic heterocycles. The fraction of sp³-hybridized carbons (Fsp3) is 0.300. The lowest BCUT2D eigenvalue weighted by atomic mass is 10.2. The molecule has 1 aromatic carbocycles. The molecule has 0 saturated heterocycles. The molecule has 8 heteroatoms. The quantitative estimate of drug-likeness (QED) is 0.659. The maximum Gasteiger partial charge on any atom is 0.245 e. The van der Waals surface area contributed by atoms with E-state index in [1.54, 1.807) is 6.07 Å². The minimum Gasteiger partial charge on any atom is -0.459 e. The van der Waals surface area contributed by atoms with Crippen LogP contribution in [0.3, 0.4) is 0 Å². The van der Waals surface area contributed by atoms with Crippen molar-refractivity contribution in [1.29, 1.82) is 0 Å². The number of para-hydroxylation sites is 1. The van der Waals surface area contributed by atoms with Gasteiger partial charge < -0.3 is 9.73 Å². The molecule has 146 valence electrons. The number of aromatic nitrogens is 1. The van der Waals surface area contributed by atoms with E-state index >= 15 is 0 Å². The highest BCUT2D eigenvalue weighted by molar-refractivity contribution is 7.89. The number of nitrogens with one attached hydrogen (secondary N) is 1. The highest BCUT2D eigenvalue weighted by Crippen LogP contribution is 2.31. The molecule has 0 radical (unpaired) electrons. The van der Waals surface area contributed by atoms with E-state index in [2.05, 4.69) is 10.3 Å². The molecule has 1 aliphatic rings. The summed E-state index contributed by atoms with van der Waals surface area (Å²) in [5.41, 5.74) is 0.748. The number of benzene rings is 1. The molecule has 1 atom stereocenters. The smallest absolute Gasteiger partial charge is 0.245 e. The first-order chi connectivity index (χ1) is 13.4. The van der Waals surface area contributed by atoms with Gasteiger partial charge in [0.25, 0.3) is 0 Å². The Morgan fingerprint density at radius 3 is 2.75 bits per heavy atom. The van der Waals surface area contributed by atoms with Crippen LogP contribution in [0.25, 0.3) is 11.0 Å². The first-order valence-electron chi connectivity index (χ1n) is 9.15. The average Bonchev–Trinajstić information content (AvgIpc) is 3.43. The van der Waals surface area contributed by atoms with Gasteiger partial charge in [0.2, 0.25) is 15.9 Å². The summed E-state index contributed by atoms with van der Waals surface area (Å²) < 4.78 is 32.9. The Balaban J connectivity index is 1.48. The highest BCUT2D eigenvalue weighted by Gasteiger charge is 2.39. The van der Waals surface area contributed by atoms with Crippen LogP contribution >= 0.6 is 0 Å². The number of carbonyl (C=O) groups is 1. The third-order valence-corrected chi connectivity index (χ3v) is 6.63. The summed E-state index contributed by atoms with van der Waals surface area (Å²) in [6.07, 6.45) is 4.33. The van der Waals surface area contributed by atoms with Gasteiger partial charge in [-0.1, -0.05) is 18.2 Å². The van der Waals surface area contributed by atoms with Crippen molar-refractivity contribution in [2.24, 2.45) is 0 Å². The highest BCUT2D eigenvalue weighted by atomic mass is 32.2. The van der Waals surface area contributed by atoms with Crippen molar-refractivity contribution in [2.75, 3.05) is 6.54 Å². The van der Waals surface area contributed by atoms with E-state index in [9.17, 15) is 13.2 Å². The maximum atomic E-state index is 12.9. The van der Waals surface area contributed by atoms with E-state index in [-0.39, 0.29) is 29.4 Å². The second-order valence-corrected chi connectivity index (χ2v) is 8.84. The molecule has 7 nitrogen and oxygen atoms in total. The molecule has 1 amide bonds. The normalized spacial score (nSPS) is 15.6. The largest absolute Gasteiger partial charge is 0.459 e. The summed E-state index contributed by atoms with van der Waals surface area (Å²) >= 11 is 0. The molecule has 2 heterocycles. The Bertz CT molecular complexity index is 1060. The second-order valence-electron chi connectivity index (χ2n) is 6.95. The van der Waals surface area contributed by atoms with Gasteiger partial charge in [-0.3, -0.25) is 9.78 Å². The molecular weight excluding hydrogens is 378 g/mol. The molecule has 1 N–H and O–H groups in total. The zero-order valence-electron chi connectivity index (χ0n) is 15.4. The predicted molar refractivity (Wildman–Crippen MR) is 104 cm³/mol. The van der Waals surface area contributed by atoms with Crippen LogP contribution in [0.1, 0.15) is 31.6 Å². The minimum atomic E-state index is -3.77. The van der Waals surface area contributed by atoms with Crippen LogP contribution in [0.2, 0.25) is 0 Å². The number of nitrogens with zero attached hydrogens (tertiary/aromatic N) is 2. The van der Waals surface area contributed by atoms with Gasteiger partial charge in [0.05, 0.1) is 12.6 Å². The zero-order valence-corrected chi connectivity index (χ0v) is 16.2. The van der Waals surface area contributed by atoms with Crippen molar-refractivity contribution in [3.63, 3.8) is 0 Å². The monoisotopic (exact) mass is 399 g/mol. The van der Waals surface area contributed by atoms with Crippen LogP contribution in [0.5, 0.6) is 0 Å². The Labute approximate surface area is 163 Å². The first-order valence-corrected chi connectivity index (χ1v) is 10.6. The lowest BCUT2D eigenvalue weighted by Gasteiger charge is -2.22. The molecule has 1 fully saturated rings. The van der Waals surface area contributed by atoms with Crippen LogP contribution in [-0.2, 0) is 14.8 Å². The number of amides is 1. The lowest BCUT2D eigenvalue weighted by molar-refractivity contribution is -0.122. The summed E-state index contributed by atoms with van der Waals surface area (Å²) in [4.78, 5) is 16.6. The fourth-order valence-corrected chi connectivity index (χ4v) is 4.73. The van der Waals surface area contributed by atoms with Crippen molar-refractivity contribution < 1.29 is 17.6 Å². The SMILES string of the molecule is C[C@@H](NC(=O)CN(C1CC1)S(=O)(=O)c1cccnc1)c1cc2ccccc2o1. The van der Waals surface area contributed by atoms with Gasteiger partial charge in [0.1, 0.15) is 16.2 Å². The number of carbonyl (C=O) groups excluding carboxylic acids is 1. The van der Waals surface area contributed by atoms with Gasteiger partial charge in [-0.05, 0) is 44.0 Å². The van der Waals surface area contributed by atoms with Gasteiger partial charge in [-0.15, -0.1) is 0 Å². The van der Waals surface area contributed by atoms with Gasteiger partial charge in [-0.25, -0.2) is 8.42 Å². The van der Waals surface area contributed by atoms with Crippen molar-refractivity contribution >= 4 is 26.9 Å². The molecule has 1 saturated carbocycles. The molecule has 3 aromatic rings. The first kappa shape index (κ1) is 18.6. The van der Waals surface area contributed by atoms with Crippen LogP contribution in [-0.4, -0.2) is 36.2 Å². The number of sulfonamides is 1. The van der Waals surface area contributed by atoms with Crippen LogP contribution in [0, 0.1) is 0 Å². The van der Waals surface area contributed by atoms with Crippen molar-refractivity contribution in [3.8, 4) is 0 Å². The lowest BCUT2D eigenvalue weighted by Crippen LogP contribution is -2.42. The number of rotatable bonds is 7. The summed E-state index contributed by atoms with van der Waals surface area (Å²) in [6.45, 7) is 1.58. The van der Waals surface area contributed by atoms with Gasteiger partial charge >= 0.3 is 0 Å². The molecule has 0 bridgehead atoms. The van der Waals surface area contributed by atoms with E-state index in [1.165, 1.54) is 22.8 Å². The second kappa shape index (κ2) is 7.37.